The van der Waals surface area contributed by atoms with Gasteiger partial charge in [0.25, 0.3) is 0 Å². The van der Waals surface area contributed by atoms with Crippen molar-refractivity contribution >= 4 is 23.5 Å². The minimum absolute atomic E-state index is 0.117. The average Bonchev–Trinajstić information content (AvgIpc) is 2.15. The second-order valence-electron chi connectivity index (χ2n) is 4.04. The van der Waals surface area contributed by atoms with E-state index in [9.17, 15) is 9.90 Å². The number of hydrogen-bond acceptors (Lipinski definition) is 4. The number of hydrogen-bond donors (Lipinski definition) is 1. The number of halogens is 1. The topological polar surface area (TPSA) is 75.6 Å². The maximum atomic E-state index is 11.2. The highest BCUT2D eigenvalue weighted by Gasteiger charge is 2.40. The molecule has 0 fully saturated rings. The summed E-state index contributed by atoms with van der Waals surface area (Å²) in [6, 6.07) is 0. The van der Waals surface area contributed by atoms with Crippen LogP contribution in [0.5, 0.6) is 5.75 Å². The summed E-state index contributed by atoms with van der Waals surface area (Å²) in [6.07, 6.45) is 0.117. The Morgan fingerprint density at radius 1 is 1.62 bits per heavy atom. The van der Waals surface area contributed by atoms with Crippen LogP contribution in [0.15, 0.2) is 6.33 Å². The van der Waals surface area contributed by atoms with Crippen LogP contribution in [-0.2, 0) is 0 Å². The molecule has 1 N–H and O–H groups in total. The van der Waals surface area contributed by atoms with Gasteiger partial charge in [-0.3, -0.25) is 0 Å². The predicted octanol–water partition coefficient (Wildman–Crippen LogP) is 1.79. The standard InChI is InChI=1S/C9H10ClN3O3/c1-9(2)3-16-5-6(10)11-4-12-7(5)13(9)8(14)15/h4H,3H2,1-2H3,(H,14,15). The monoisotopic (exact) mass is 243 g/mol. The third-order valence-corrected chi connectivity index (χ3v) is 2.59. The smallest absolute Gasteiger partial charge is 0.413 e. The molecular formula is C9H10ClN3O3. The van der Waals surface area contributed by atoms with Crippen LogP contribution in [0.3, 0.4) is 0 Å². The average molecular weight is 244 g/mol. The van der Waals surface area contributed by atoms with E-state index in [0.717, 1.165) is 4.90 Å². The lowest BCUT2D eigenvalue weighted by atomic mass is 10.0. The van der Waals surface area contributed by atoms with E-state index >= 15 is 0 Å². The molecule has 0 unspecified atom stereocenters. The van der Waals surface area contributed by atoms with E-state index in [1.54, 1.807) is 13.8 Å². The third-order valence-electron chi connectivity index (χ3n) is 2.32. The van der Waals surface area contributed by atoms with E-state index in [4.69, 9.17) is 16.3 Å². The van der Waals surface area contributed by atoms with E-state index in [0.29, 0.717) is 0 Å². The fraction of sp³-hybridized carbons (Fsp3) is 0.444. The SMILES string of the molecule is CC1(C)COc2c(Cl)ncnc2N1C(=O)O. The Labute approximate surface area is 96.8 Å². The first-order valence-corrected chi connectivity index (χ1v) is 4.98. The van der Waals surface area contributed by atoms with E-state index in [1.165, 1.54) is 6.33 Å². The van der Waals surface area contributed by atoms with Gasteiger partial charge in [0.05, 0.1) is 5.54 Å². The summed E-state index contributed by atoms with van der Waals surface area (Å²) < 4.78 is 5.39. The number of carboxylic acid groups (broad SMARTS) is 1. The van der Waals surface area contributed by atoms with E-state index in [1.807, 2.05) is 0 Å². The minimum atomic E-state index is -1.09. The normalized spacial score (nSPS) is 17.6. The summed E-state index contributed by atoms with van der Waals surface area (Å²) in [7, 11) is 0. The zero-order valence-corrected chi connectivity index (χ0v) is 9.52. The lowest BCUT2D eigenvalue weighted by Gasteiger charge is -2.39. The van der Waals surface area contributed by atoms with E-state index in [-0.39, 0.29) is 23.3 Å². The highest BCUT2D eigenvalue weighted by molar-refractivity contribution is 6.31. The van der Waals surface area contributed by atoms with Crippen LogP contribution >= 0.6 is 11.6 Å². The number of fused-ring (bicyclic) bond motifs is 1. The zero-order valence-electron chi connectivity index (χ0n) is 8.77. The fourth-order valence-electron chi connectivity index (χ4n) is 1.58. The van der Waals surface area contributed by atoms with Gasteiger partial charge in [-0.1, -0.05) is 11.6 Å². The van der Waals surface area contributed by atoms with Crippen LogP contribution in [0.2, 0.25) is 5.15 Å². The molecule has 86 valence electrons. The Morgan fingerprint density at radius 3 is 2.94 bits per heavy atom. The Hall–Kier alpha value is -1.56. The first-order valence-electron chi connectivity index (χ1n) is 4.60. The van der Waals surface area contributed by atoms with Crippen molar-refractivity contribution in [1.29, 1.82) is 0 Å². The maximum Gasteiger partial charge on any atom is 0.413 e. The van der Waals surface area contributed by atoms with Gasteiger partial charge in [-0.15, -0.1) is 0 Å². The Balaban J connectivity index is 2.59. The van der Waals surface area contributed by atoms with E-state index in [2.05, 4.69) is 9.97 Å². The van der Waals surface area contributed by atoms with E-state index < -0.39 is 11.6 Å². The van der Waals surface area contributed by atoms with Crippen molar-refractivity contribution in [3.8, 4) is 5.75 Å². The van der Waals surface area contributed by atoms with Gasteiger partial charge in [0.1, 0.15) is 12.9 Å². The summed E-state index contributed by atoms with van der Waals surface area (Å²) in [4.78, 5) is 20.0. The molecule has 16 heavy (non-hydrogen) atoms. The largest absolute Gasteiger partial charge is 0.484 e. The lowest BCUT2D eigenvalue weighted by Crippen LogP contribution is -2.54. The number of aromatic nitrogens is 2. The lowest BCUT2D eigenvalue weighted by molar-refractivity contribution is 0.169. The van der Waals surface area contributed by atoms with Crippen molar-refractivity contribution in [1.82, 2.24) is 9.97 Å². The molecule has 2 rings (SSSR count). The van der Waals surface area contributed by atoms with Crippen molar-refractivity contribution in [2.24, 2.45) is 0 Å². The predicted molar refractivity (Wildman–Crippen MR) is 57.1 cm³/mol. The van der Waals surface area contributed by atoms with Gasteiger partial charge < -0.3 is 9.84 Å². The quantitative estimate of drug-likeness (QED) is 0.703. The molecule has 0 saturated heterocycles. The summed E-state index contributed by atoms with van der Waals surface area (Å²) in [5.41, 5.74) is -0.684. The molecule has 0 spiro atoms. The van der Waals surface area contributed by atoms with Crippen molar-refractivity contribution in [2.45, 2.75) is 19.4 Å². The summed E-state index contributed by atoms with van der Waals surface area (Å²) in [5, 5.41) is 9.30. The second-order valence-corrected chi connectivity index (χ2v) is 4.39. The Morgan fingerprint density at radius 2 is 2.31 bits per heavy atom. The van der Waals surface area contributed by atoms with Crippen LogP contribution in [0.4, 0.5) is 10.6 Å². The number of nitrogens with zero attached hydrogens (tertiary/aromatic N) is 3. The number of amides is 1. The summed E-state index contributed by atoms with van der Waals surface area (Å²) in [5.74, 6) is 0.398. The van der Waals surface area contributed by atoms with Crippen molar-refractivity contribution in [3.05, 3.63) is 11.5 Å². The summed E-state index contributed by atoms with van der Waals surface area (Å²) >= 11 is 5.81. The molecule has 0 bridgehead atoms. The van der Waals surface area contributed by atoms with Crippen LogP contribution in [0.1, 0.15) is 13.8 Å². The first-order chi connectivity index (χ1) is 7.43. The second kappa shape index (κ2) is 3.48. The molecule has 0 atom stereocenters. The highest BCUT2D eigenvalue weighted by atomic mass is 35.5. The molecule has 1 aliphatic heterocycles. The van der Waals surface area contributed by atoms with Crippen molar-refractivity contribution in [2.75, 3.05) is 11.5 Å². The molecule has 1 aromatic heterocycles. The van der Waals surface area contributed by atoms with Gasteiger partial charge in [-0.25, -0.2) is 19.7 Å². The number of carbonyl (C=O) groups is 1. The van der Waals surface area contributed by atoms with Crippen LogP contribution in [-0.4, -0.2) is 33.3 Å². The molecule has 7 heteroatoms. The maximum absolute atomic E-state index is 11.2. The van der Waals surface area contributed by atoms with Crippen LogP contribution < -0.4 is 9.64 Å². The minimum Gasteiger partial charge on any atom is -0.484 e. The van der Waals surface area contributed by atoms with Gasteiger partial charge in [0.2, 0.25) is 0 Å². The number of ether oxygens (including phenoxy) is 1. The molecular weight excluding hydrogens is 234 g/mol. The van der Waals surface area contributed by atoms with Crippen LogP contribution in [0, 0.1) is 0 Å². The molecule has 1 amide bonds. The zero-order chi connectivity index (χ0) is 11.9. The van der Waals surface area contributed by atoms with Gasteiger partial charge in [0, 0.05) is 0 Å². The fourth-order valence-corrected chi connectivity index (χ4v) is 1.76. The molecule has 1 aromatic rings. The molecule has 6 nitrogen and oxygen atoms in total. The molecule has 0 aromatic carbocycles. The molecule has 0 radical (unpaired) electrons. The number of rotatable bonds is 0. The number of anilines is 1. The Kier molecular flexibility index (Phi) is 2.38. The molecule has 2 heterocycles. The van der Waals surface area contributed by atoms with Gasteiger partial charge in [-0.2, -0.15) is 0 Å². The van der Waals surface area contributed by atoms with Gasteiger partial charge in [0.15, 0.2) is 16.7 Å². The molecule has 1 aliphatic rings. The summed E-state index contributed by atoms with van der Waals surface area (Å²) in [6.45, 7) is 3.71. The third kappa shape index (κ3) is 1.55. The van der Waals surface area contributed by atoms with Gasteiger partial charge >= 0.3 is 6.09 Å². The van der Waals surface area contributed by atoms with Crippen molar-refractivity contribution < 1.29 is 14.6 Å². The van der Waals surface area contributed by atoms with Crippen LogP contribution in [0.25, 0.3) is 0 Å². The van der Waals surface area contributed by atoms with Gasteiger partial charge in [-0.05, 0) is 13.8 Å². The first kappa shape index (κ1) is 10.9. The highest BCUT2D eigenvalue weighted by Crippen LogP contribution is 2.39. The molecule has 0 aliphatic carbocycles. The molecule has 0 saturated carbocycles. The van der Waals surface area contributed by atoms with Crippen molar-refractivity contribution in [3.63, 3.8) is 0 Å². The Bertz CT molecular complexity index is 450.